The van der Waals surface area contributed by atoms with Crippen LogP contribution in [0.1, 0.15) is 13.8 Å². The average Bonchev–Trinajstić information content (AvgIpc) is 2.25. The van der Waals surface area contributed by atoms with Crippen LogP contribution in [0.5, 0.6) is 0 Å². The first kappa shape index (κ1) is 24.0. The van der Waals surface area contributed by atoms with Crippen LogP contribution in [-0.2, 0) is 20.2 Å². The molecule has 20 heavy (non-hydrogen) atoms. The first-order valence-corrected chi connectivity index (χ1v) is 8.35. The second-order valence-electron chi connectivity index (χ2n) is 4.26. The molecule has 1 saturated heterocycles. The van der Waals surface area contributed by atoms with E-state index in [1.165, 1.54) is 23.6 Å². The molecule has 0 aromatic rings. The van der Waals surface area contributed by atoms with Crippen molar-refractivity contribution in [3.63, 3.8) is 0 Å². The van der Waals surface area contributed by atoms with Crippen molar-refractivity contribution in [2.24, 2.45) is 0 Å². The molecule has 1 aliphatic rings. The SMILES string of the molecule is CC(N1CCN(C(C)S(=O)(=O)[O-])CC1)S(=O)(=O)[O-].[Na+].[Na+]. The molecule has 1 heterocycles. The van der Waals surface area contributed by atoms with Gasteiger partial charge in [0, 0.05) is 26.2 Å². The summed E-state index contributed by atoms with van der Waals surface area (Å²) in [6.45, 7) is 3.55. The zero-order valence-corrected chi connectivity index (χ0v) is 17.8. The molecule has 8 nitrogen and oxygen atoms in total. The fourth-order valence-corrected chi connectivity index (χ4v) is 2.98. The molecule has 12 heteroatoms. The summed E-state index contributed by atoms with van der Waals surface area (Å²) in [6, 6.07) is 0. The Hall–Kier alpha value is 1.74. The molecule has 2 unspecified atom stereocenters. The molecule has 0 aromatic carbocycles. The third-order valence-corrected chi connectivity index (χ3v) is 5.48. The van der Waals surface area contributed by atoms with Gasteiger partial charge in [-0.05, 0) is 13.8 Å². The molecule has 1 rings (SSSR count). The van der Waals surface area contributed by atoms with Crippen molar-refractivity contribution < 1.29 is 85.1 Å². The fourth-order valence-electron chi connectivity index (χ4n) is 1.83. The second kappa shape index (κ2) is 9.14. The Kier molecular flexibility index (Phi) is 11.0. The van der Waals surface area contributed by atoms with Crippen LogP contribution >= 0.6 is 0 Å². The van der Waals surface area contributed by atoms with E-state index in [4.69, 9.17) is 0 Å². The number of piperazine rings is 1. The summed E-state index contributed by atoms with van der Waals surface area (Å²) >= 11 is 0. The maximum atomic E-state index is 10.8. The Bertz CT molecular complexity index is 443. The van der Waals surface area contributed by atoms with Crippen LogP contribution in [0.2, 0.25) is 0 Å². The van der Waals surface area contributed by atoms with E-state index in [2.05, 4.69) is 0 Å². The summed E-state index contributed by atoms with van der Waals surface area (Å²) in [4.78, 5) is 2.92. The number of nitrogens with zero attached hydrogens (tertiary/aromatic N) is 2. The summed E-state index contributed by atoms with van der Waals surface area (Å²) in [5.74, 6) is 0. The van der Waals surface area contributed by atoms with E-state index in [1.807, 2.05) is 0 Å². The largest absolute Gasteiger partial charge is 1.00 e. The van der Waals surface area contributed by atoms with E-state index in [-0.39, 0.29) is 85.3 Å². The van der Waals surface area contributed by atoms with Gasteiger partial charge in [-0.1, -0.05) is 0 Å². The van der Waals surface area contributed by atoms with Gasteiger partial charge in [0.2, 0.25) is 0 Å². The zero-order valence-electron chi connectivity index (χ0n) is 12.1. The van der Waals surface area contributed by atoms with Crippen LogP contribution in [0.3, 0.4) is 0 Å². The second-order valence-corrected chi connectivity index (χ2v) is 7.59. The number of hydrogen-bond acceptors (Lipinski definition) is 8. The van der Waals surface area contributed by atoms with E-state index >= 15 is 0 Å². The van der Waals surface area contributed by atoms with Crippen molar-refractivity contribution in [1.29, 1.82) is 0 Å². The Morgan fingerprint density at radius 2 is 0.950 bits per heavy atom. The molecule has 0 saturated carbocycles. The van der Waals surface area contributed by atoms with Crippen LogP contribution in [0.4, 0.5) is 0 Å². The third-order valence-electron chi connectivity index (χ3n) is 3.21. The van der Waals surface area contributed by atoms with Gasteiger partial charge in [-0.15, -0.1) is 0 Å². The Balaban J connectivity index is 0. The normalized spacial score (nSPS) is 21.4. The molecule has 0 spiro atoms. The van der Waals surface area contributed by atoms with Gasteiger partial charge in [-0.3, -0.25) is 9.80 Å². The summed E-state index contributed by atoms with van der Waals surface area (Å²) < 4.78 is 65.1. The molecule has 0 aromatic heterocycles. The zero-order chi connectivity index (χ0) is 14.1. The maximum Gasteiger partial charge on any atom is 1.00 e. The Morgan fingerprint density at radius 3 is 1.10 bits per heavy atom. The molecule has 0 amide bonds. The molecule has 2 atom stereocenters. The van der Waals surface area contributed by atoms with Gasteiger partial charge >= 0.3 is 59.1 Å². The van der Waals surface area contributed by atoms with Gasteiger partial charge in [0.25, 0.3) is 0 Å². The first-order valence-electron chi connectivity index (χ1n) is 5.41. The molecule has 0 aliphatic carbocycles. The summed E-state index contributed by atoms with van der Waals surface area (Å²) in [7, 11) is -8.78. The monoisotopic (exact) mass is 346 g/mol. The van der Waals surface area contributed by atoms with E-state index in [0.717, 1.165) is 0 Å². The van der Waals surface area contributed by atoms with Crippen molar-refractivity contribution in [3.05, 3.63) is 0 Å². The molecule has 0 bridgehead atoms. The summed E-state index contributed by atoms with van der Waals surface area (Å²) in [5, 5.41) is -2.28. The van der Waals surface area contributed by atoms with Crippen molar-refractivity contribution in [2.75, 3.05) is 26.2 Å². The predicted molar refractivity (Wildman–Crippen MR) is 61.5 cm³/mol. The minimum Gasteiger partial charge on any atom is -0.747 e. The van der Waals surface area contributed by atoms with Crippen molar-refractivity contribution in [1.82, 2.24) is 9.80 Å². The number of hydrogen-bond donors (Lipinski definition) is 0. The van der Waals surface area contributed by atoms with Gasteiger partial charge in [0.05, 0.1) is 10.7 Å². The molecule has 0 N–H and O–H groups in total. The van der Waals surface area contributed by atoms with E-state index < -0.39 is 31.0 Å². The van der Waals surface area contributed by atoms with E-state index in [0.29, 0.717) is 0 Å². The Morgan fingerprint density at radius 1 is 0.750 bits per heavy atom. The molecule has 1 fully saturated rings. The topological polar surface area (TPSA) is 121 Å². The van der Waals surface area contributed by atoms with Gasteiger partial charge in [0.15, 0.2) is 0 Å². The molecule has 0 radical (unpaired) electrons. The van der Waals surface area contributed by atoms with Gasteiger partial charge in [-0.25, -0.2) is 16.8 Å². The third kappa shape index (κ3) is 6.88. The average molecular weight is 346 g/mol. The minimum absolute atomic E-state index is 0. The van der Waals surface area contributed by atoms with E-state index in [9.17, 15) is 25.9 Å². The maximum absolute atomic E-state index is 10.8. The minimum atomic E-state index is -4.39. The van der Waals surface area contributed by atoms with Gasteiger partial charge in [0.1, 0.15) is 20.2 Å². The number of rotatable bonds is 4. The van der Waals surface area contributed by atoms with Crippen LogP contribution < -0.4 is 59.1 Å². The Labute approximate surface area is 164 Å². The molecule has 108 valence electrons. The summed E-state index contributed by atoms with van der Waals surface area (Å²) in [5.41, 5.74) is 0. The van der Waals surface area contributed by atoms with Crippen LogP contribution in [-0.4, -0.2) is 72.7 Å². The molecule has 1 aliphatic heterocycles. The molecular formula is C8H16N2Na2O6S2. The van der Waals surface area contributed by atoms with Crippen LogP contribution in [0.25, 0.3) is 0 Å². The quantitative estimate of drug-likeness (QED) is 0.364. The predicted octanol–water partition coefficient (Wildman–Crippen LogP) is -7.61. The first-order chi connectivity index (χ1) is 8.03. The van der Waals surface area contributed by atoms with Gasteiger partial charge < -0.3 is 9.11 Å². The molecular weight excluding hydrogens is 330 g/mol. The standard InChI is InChI=1S/C8H18N2O6S2.2Na/c1-7(17(11,12)13)9-3-5-10(6-4-9)8(2)18(14,15)16;;/h7-8H,3-6H2,1-2H3,(H,11,12,13)(H,14,15,16);;/q;2*+1/p-2. The van der Waals surface area contributed by atoms with Gasteiger partial charge in [-0.2, -0.15) is 0 Å². The van der Waals surface area contributed by atoms with E-state index in [1.54, 1.807) is 0 Å². The fraction of sp³-hybridized carbons (Fsp3) is 1.00. The van der Waals surface area contributed by atoms with Crippen LogP contribution in [0.15, 0.2) is 0 Å². The summed E-state index contributed by atoms with van der Waals surface area (Å²) in [6.07, 6.45) is 0. The van der Waals surface area contributed by atoms with Crippen molar-refractivity contribution >= 4 is 20.2 Å². The van der Waals surface area contributed by atoms with Crippen LogP contribution in [0, 0.1) is 0 Å². The van der Waals surface area contributed by atoms with Crippen molar-refractivity contribution in [2.45, 2.75) is 24.6 Å². The smallest absolute Gasteiger partial charge is 0.747 e. The van der Waals surface area contributed by atoms with Crippen molar-refractivity contribution in [3.8, 4) is 0 Å².